The van der Waals surface area contributed by atoms with Crippen molar-refractivity contribution in [2.45, 2.75) is 0 Å². The summed E-state index contributed by atoms with van der Waals surface area (Å²) in [6.45, 7) is 0. The molecule has 0 aliphatic heterocycles. The van der Waals surface area contributed by atoms with Crippen LogP contribution in [0.5, 0.6) is 11.5 Å². The van der Waals surface area contributed by atoms with Gasteiger partial charge in [0.25, 0.3) is 5.91 Å². The highest BCUT2D eigenvalue weighted by molar-refractivity contribution is 5.92. The lowest BCUT2D eigenvalue weighted by Crippen LogP contribution is -2.06. The van der Waals surface area contributed by atoms with Crippen LogP contribution in [0.4, 0.5) is 0 Å². The van der Waals surface area contributed by atoms with E-state index in [1.807, 2.05) is 0 Å². The average Bonchev–Trinajstić information content (AvgIpc) is 2.25. The third kappa shape index (κ3) is 2.92. The Morgan fingerprint density at radius 1 is 1.27 bits per heavy atom. The van der Waals surface area contributed by atoms with E-state index >= 15 is 0 Å². The summed E-state index contributed by atoms with van der Waals surface area (Å²) in [6, 6.07) is 5.11. The maximum Gasteiger partial charge on any atom is 0.293 e. The van der Waals surface area contributed by atoms with Crippen LogP contribution in [-0.4, -0.2) is 20.1 Å². The largest absolute Gasteiger partial charge is 0.493 e. The highest BCUT2D eigenvalue weighted by Gasteiger charge is 2.02. The summed E-state index contributed by atoms with van der Waals surface area (Å²) in [5.74, 6) is 5.37. The number of hydrogen-bond donors (Lipinski definition) is 1. The van der Waals surface area contributed by atoms with Gasteiger partial charge in [-0.15, -0.1) is 0 Å². The number of benzene rings is 1. The molecule has 0 heterocycles. The second-order valence-electron chi connectivity index (χ2n) is 2.68. The Balaban J connectivity index is 3.05. The molecule has 0 atom stereocenters. The zero-order valence-electron chi connectivity index (χ0n) is 8.53. The third-order valence-electron chi connectivity index (χ3n) is 1.71. The van der Waals surface area contributed by atoms with Gasteiger partial charge < -0.3 is 15.2 Å². The summed E-state index contributed by atoms with van der Waals surface area (Å²) in [5, 5.41) is 0. The van der Waals surface area contributed by atoms with E-state index in [0.29, 0.717) is 17.1 Å². The fourth-order valence-electron chi connectivity index (χ4n) is 1.05. The molecule has 0 saturated carbocycles. The van der Waals surface area contributed by atoms with Crippen molar-refractivity contribution in [3.8, 4) is 23.3 Å². The number of ether oxygens (including phenoxy) is 2. The first-order valence-corrected chi connectivity index (χ1v) is 4.21. The highest BCUT2D eigenvalue weighted by atomic mass is 16.5. The van der Waals surface area contributed by atoms with Gasteiger partial charge in [-0.25, -0.2) is 0 Å². The van der Waals surface area contributed by atoms with Gasteiger partial charge in [0, 0.05) is 5.56 Å². The minimum Gasteiger partial charge on any atom is -0.493 e. The SMILES string of the molecule is COc1ccc(C#CC(N)=O)cc1OC. The molecule has 0 bridgehead atoms. The van der Waals surface area contributed by atoms with Gasteiger partial charge in [-0.3, -0.25) is 4.79 Å². The normalized spacial score (nSPS) is 8.67. The molecule has 78 valence electrons. The number of primary amides is 1. The molecule has 15 heavy (non-hydrogen) atoms. The van der Waals surface area contributed by atoms with Crippen LogP contribution >= 0.6 is 0 Å². The molecule has 0 spiro atoms. The maximum atomic E-state index is 10.4. The fourth-order valence-corrected chi connectivity index (χ4v) is 1.05. The summed E-state index contributed by atoms with van der Waals surface area (Å²) in [7, 11) is 3.08. The van der Waals surface area contributed by atoms with E-state index < -0.39 is 5.91 Å². The summed E-state index contributed by atoms with van der Waals surface area (Å²) in [5.41, 5.74) is 5.54. The van der Waals surface area contributed by atoms with Crippen molar-refractivity contribution in [3.05, 3.63) is 23.8 Å². The predicted molar refractivity (Wildman–Crippen MR) is 55.6 cm³/mol. The van der Waals surface area contributed by atoms with Gasteiger partial charge in [-0.05, 0) is 24.1 Å². The molecule has 4 nitrogen and oxygen atoms in total. The van der Waals surface area contributed by atoms with Crippen molar-refractivity contribution < 1.29 is 14.3 Å². The molecular formula is C11H11NO3. The van der Waals surface area contributed by atoms with E-state index in [1.54, 1.807) is 25.3 Å². The number of carbonyl (C=O) groups is 1. The third-order valence-corrected chi connectivity index (χ3v) is 1.71. The minimum atomic E-state index is -0.662. The van der Waals surface area contributed by atoms with Crippen LogP contribution in [-0.2, 0) is 4.79 Å². The molecule has 4 heteroatoms. The van der Waals surface area contributed by atoms with Crippen molar-refractivity contribution >= 4 is 5.91 Å². The number of nitrogens with two attached hydrogens (primary N) is 1. The summed E-state index contributed by atoms with van der Waals surface area (Å²) in [6.07, 6.45) is 0. The molecule has 1 amide bonds. The van der Waals surface area contributed by atoms with Gasteiger partial charge in [-0.1, -0.05) is 5.92 Å². The molecule has 0 aliphatic rings. The Hall–Kier alpha value is -2.15. The van der Waals surface area contributed by atoms with Crippen LogP contribution in [0.15, 0.2) is 18.2 Å². The van der Waals surface area contributed by atoms with Crippen LogP contribution in [0.25, 0.3) is 0 Å². The Morgan fingerprint density at radius 2 is 1.93 bits per heavy atom. The Morgan fingerprint density at radius 3 is 2.47 bits per heavy atom. The van der Waals surface area contributed by atoms with E-state index in [4.69, 9.17) is 15.2 Å². The first-order chi connectivity index (χ1) is 7.17. The van der Waals surface area contributed by atoms with Crippen molar-refractivity contribution in [2.24, 2.45) is 5.73 Å². The van der Waals surface area contributed by atoms with Gasteiger partial charge in [0.15, 0.2) is 11.5 Å². The van der Waals surface area contributed by atoms with Gasteiger partial charge >= 0.3 is 0 Å². The minimum absolute atomic E-state index is 0.564. The lowest BCUT2D eigenvalue weighted by atomic mass is 10.2. The van der Waals surface area contributed by atoms with Gasteiger partial charge in [0.2, 0.25) is 0 Å². The number of hydrogen-bond acceptors (Lipinski definition) is 3. The van der Waals surface area contributed by atoms with Gasteiger partial charge in [0.05, 0.1) is 14.2 Å². The smallest absolute Gasteiger partial charge is 0.293 e. The molecule has 2 N–H and O–H groups in total. The van der Waals surface area contributed by atoms with Gasteiger partial charge in [-0.2, -0.15) is 0 Å². The summed E-state index contributed by atoms with van der Waals surface area (Å²) >= 11 is 0. The second kappa shape index (κ2) is 4.91. The Bertz CT molecular complexity index is 429. The topological polar surface area (TPSA) is 61.5 Å². The molecule has 0 unspecified atom stereocenters. The molecule has 0 fully saturated rings. The molecule has 1 aromatic carbocycles. The van der Waals surface area contributed by atoms with Crippen molar-refractivity contribution in [1.29, 1.82) is 0 Å². The number of carbonyl (C=O) groups excluding carboxylic acids is 1. The molecule has 0 aliphatic carbocycles. The molecule has 0 aromatic heterocycles. The predicted octanol–water partition coefficient (Wildman–Crippen LogP) is 0.541. The highest BCUT2D eigenvalue weighted by Crippen LogP contribution is 2.26. The van der Waals surface area contributed by atoms with Crippen LogP contribution in [0, 0.1) is 11.8 Å². The number of amides is 1. The zero-order chi connectivity index (χ0) is 11.3. The van der Waals surface area contributed by atoms with E-state index in [0.717, 1.165) is 0 Å². The van der Waals surface area contributed by atoms with Crippen LogP contribution in [0.2, 0.25) is 0 Å². The molecule has 0 saturated heterocycles. The van der Waals surface area contributed by atoms with Gasteiger partial charge in [0.1, 0.15) is 0 Å². The molecule has 1 rings (SSSR count). The lowest BCUT2D eigenvalue weighted by molar-refractivity contribution is -0.112. The van der Waals surface area contributed by atoms with Crippen molar-refractivity contribution in [1.82, 2.24) is 0 Å². The quantitative estimate of drug-likeness (QED) is 0.717. The Labute approximate surface area is 88.0 Å². The second-order valence-corrected chi connectivity index (χ2v) is 2.68. The lowest BCUT2D eigenvalue weighted by Gasteiger charge is -2.06. The van der Waals surface area contributed by atoms with Crippen LogP contribution in [0.3, 0.4) is 0 Å². The maximum absolute atomic E-state index is 10.4. The number of rotatable bonds is 2. The van der Waals surface area contributed by atoms with Crippen molar-refractivity contribution in [2.75, 3.05) is 14.2 Å². The first kappa shape index (κ1) is 10.9. The standard InChI is InChI=1S/C11H11NO3/c1-14-9-5-3-8(4-6-11(12)13)7-10(9)15-2/h3,5,7H,1-2H3,(H2,12,13). The zero-order valence-corrected chi connectivity index (χ0v) is 8.53. The summed E-state index contributed by atoms with van der Waals surface area (Å²) < 4.78 is 10.1. The molecular weight excluding hydrogens is 194 g/mol. The monoisotopic (exact) mass is 205 g/mol. The molecule has 1 aromatic rings. The van der Waals surface area contributed by atoms with E-state index in [2.05, 4.69) is 11.8 Å². The van der Waals surface area contributed by atoms with E-state index in [-0.39, 0.29) is 0 Å². The fraction of sp³-hybridized carbons (Fsp3) is 0.182. The van der Waals surface area contributed by atoms with Crippen LogP contribution < -0.4 is 15.2 Å². The first-order valence-electron chi connectivity index (χ1n) is 4.21. The summed E-state index contributed by atoms with van der Waals surface area (Å²) in [4.78, 5) is 10.4. The van der Waals surface area contributed by atoms with E-state index in [9.17, 15) is 4.79 Å². The number of methoxy groups -OCH3 is 2. The molecule has 0 radical (unpaired) electrons. The Kier molecular flexibility index (Phi) is 3.58. The van der Waals surface area contributed by atoms with Crippen LogP contribution in [0.1, 0.15) is 5.56 Å². The van der Waals surface area contributed by atoms with Crippen molar-refractivity contribution in [3.63, 3.8) is 0 Å². The average molecular weight is 205 g/mol. The van der Waals surface area contributed by atoms with E-state index in [1.165, 1.54) is 7.11 Å².